The highest BCUT2D eigenvalue weighted by Crippen LogP contribution is 2.28. The van der Waals surface area contributed by atoms with E-state index in [4.69, 9.17) is 5.26 Å². The Balaban J connectivity index is 2.24. The zero-order valence-electron chi connectivity index (χ0n) is 11.8. The molecule has 0 aliphatic heterocycles. The topological polar surface area (TPSA) is 62.9 Å². The third-order valence-electron chi connectivity index (χ3n) is 3.55. The minimum Gasteiger partial charge on any atom is -0.330 e. The number of hydrogen-bond acceptors (Lipinski definition) is 3. The Morgan fingerprint density at radius 1 is 1.00 bits per heavy atom. The van der Waals surface area contributed by atoms with Gasteiger partial charge in [-0.2, -0.15) is 5.26 Å². The van der Waals surface area contributed by atoms with Crippen LogP contribution in [0.2, 0.25) is 0 Å². The summed E-state index contributed by atoms with van der Waals surface area (Å²) in [5.74, 6) is 0. The molecule has 0 unspecified atom stereocenters. The molecule has 2 aromatic carbocycles. The van der Waals surface area contributed by atoms with Crippen molar-refractivity contribution in [3.8, 4) is 6.07 Å². The molecule has 0 aliphatic rings. The van der Waals surface area contributed by atoms with Crippen molar-refractivity contribution in [2.24, 2.45) is 0 Å². The molecule has 0 saturated heterocycles. The molecule has 0 radical (unpaired) electrons. The second-order valence-electron chi connectivity index (χ2n) is 4.92. The van der Waals surface area contributed by atoms with Gasteiger partial charge in [0, 0.05) is 17.4 Å². The van der Waals surface area contributed by atoms with E-state index in [-0.39, 0.29) is 16.3 Å². The van der Waals surface area contributed by atoms with Crippen LogP contribution >= 0.6 is 0 Å². The van der Waals surface area contributed by atoms with Crippen molar-refractivity contribution in [3.05, 3.63) is 60.7 Å². The summed E-state index contributed by atoms with van der Waals surface area (Å²) in [4.78, 5) is 0.260. The smallest absolute Gasteiger partial charge is 0.222 e. The molecule has 0 amide bonds. The minimum atomic E-state index is -3.61. The van der Waals surface area contributed by atoms with Crippen LogP contribution in [-0.2, 0) is 16.4 Å². The van der Waals surface area contributed by atoms with E-state index in [0.717, 1.165) is 10.9 Å². The fourth-order valence-corrected chi connectivity index (χ4v) is 4.04. The Hall–Kier alpha value is -2.58. The number of aromatic nitrogens is 1. The number of aryl methyl sites for hydroxylation is 1. The maximum Gasteiger partial charge on any atom is 0.222 e. The zero-order valence-corrected chi connectivity index (χ0v) is 12.6. The Morgan fingerprint density at radius 2 is 1.68 bits per heavy atom. The maximum absolute atomic E-state index is 12.9. The number of benzene rings is 2. The molecule has 3 rings (SSSR count). The normalized spacial score (nSPS) is 11.4. The molecule has 0 atom stereocenters. The van der Waals surface area contributed by atoms with Crippen molar-refractivity contribution in [2.45, 2.75) is 22.9 Å². The number of hydrogen-bond donors (Lipinski definition) is 0. The molecule has 1 heterocycles. The van der Waals surface area contributed by atoms with E-state index in [1.165, 1.54) is 0 Å². The van der Waals surface area contributed by atoms with Crippen LogP contribution in [0.15, 0.2) is 70.6 Å². The van der Waals surface area contributed by atoms with Gasteiger partial charge < -0.3 is 4.57 Å². The molecule has 4 nitrogen and oxygen atoms in total. The first kappa shape index (κ1) is 14.4. The van der Waals surface area contributed by atoms with Gasteiger partial charge in [0.05, 0.1) is 17.4 Å². The Bertz CT molecular complexity index is 951. The van der Waals surface area contributed by atoms with Crippen LogP contribution < -0.4 is 0 Å². The van der Waals surface area contributed by atoms with Crippen LogP contribution in [-0.4, -0.2) is 13.0 Å². The van der Waals surface area contributed by atoms with Gasteiger partial charge in [0.1, 0.15) is 5.03 Å². The summed E-state index contributed by atoms with van der Waals surface area (Å²) in [6.45, 7) is 0.353. The Morgan fingerprint density at radius 3 is 2.41 bits per heavy atom. The van der Waals surface area contributed by atoms with Crippen molar-refractivity contribution in [3.63, 3.8) is 0 Å². The van der Waals surface area contributed by atoms with E-state index in [1.54, 1.807) is 41.0 Å². The van der Waals surface area contributed by atoms with E-state index >= 15 is 0 Å². The van der Waals surface area contributed by atoms with Crippen molar-refractivity contribution in [1.29, 1.82) is 5.26 Å². The number of nitriles is 1. The number of sulfone groups is 1. The summed E-state index contributed by atoms with van der Waals surface area (Å²) < 4.78 is 27.5. The molecule has 0 aliphatic carbocycles. The van der Waals surface area contributed by atoms with Gasteiger partial charge in [0.25, 0.3) is 0 Å². The van der Waals surface area contributed by atoms with Crippen LogP contribution in [0.25, 0.3) is 10.9 Å². The summed E-state index contributed by atoms with van der Waals surface area (Å²) in [7, 11) is -3.61. The molecule has 0 saturated carbocycles. The fourth-order valence-electron chi connectivity index (χ4n) is 2.52. The standard InChI is InChI=1S/C17H14N2O2S/c18-11-6-12-19-16-10-5-4-7-14(16)13-17(19)22(20,21)15-8-2-1-3-9-15/h1-5,7-10,13H,6,12H2. The largest absolute Gasteiger partial charge is 0.330 e. The van der Waals surface area contributed by atoms with E-state index in [9.17, 15) is 8.42 Å². The quantitative estimate of drug-likeness (QED) is 0.742. The van der Waals surface area contributed by atoms with E-state index in [1.807, 2.05) is 24.3 Å². The highest BCUT2D eigenvalue weighted by atomic mass is 32.2. The summed E-state index contributed by atoms with van der Waals surface area (Å²) in [5.41, 5.74) is 0.826. The van der Waals surface area contributed by atoms with Crippen molar-refractivity contribution in [1.82, 2.24) is 4.57 Å². The van der Waals surface area contributed by atoms with E-state index in [2.05, 4.69) is 6.07 Å². The first-order valence-electron chi connectivity index (χ1n) is 6.90. The lowest BCUT2D eigenvalue weighted by molar-refractivity contribution is 0.577. The Kier molecular flexibility index (Phi) is 3.70. The average Bonchev–Trinajstić information content (AvgIpc) is 2.93. The van der Waals surface area contributed by atoms with Crippen molar-refractivity contribution >= 4 is 20.7 Å². The SMILES string of the molecule is N#CCCn1c(S(=O)(=O)c2ccccc2)cc2ccccc21. The summed E-state index contributed by atoms with van der Waals surface area (Å²) in [6, 6.07) is 19.6. The molecular formula is C17H14N2O2S. The highest BCUT2D eigenvalue weighted by molar-refractivity contribution is 7.91. The van der Waals surface area contributed by atoms with Crippen molar-refractivity contribution in [2.75, 3.05) is 0 Å². The lowest BCUT2D eigenvalue weighted by Crippen LogP contribution is -2.10. The molecular weight excluding hydrogens is 296 g/mol. The maximum atomic E-state index is 12.9. The number of fused-ring (bicyclic) bond motifs is 1. The third kappa shape index (κ3) is 2.38. The van der Waals surface area contributed by atoms with Crippen LogP contribution in [0, 0.1) is 11.3 Å². The lowest BCUT2D eigenvalue weighted by Gasteiger charge is -2.09. The summed E-state index contributed by atoms with van der Waals surface area (Å²) >= 11 is 0. The monoisotopic (exact) mass is 310 g/mol. The summed E-state index contributed by atoms with van der Waals surface area (Å²) in [5, 5.41) is 9.92. The molecule has 1 aromatic heterocycles. The van der Waals surface area contributed by atoms with Gasteiger partial charge in [-0.3, -0.25) is 0 Å². The van der Waals surface area contributed by atoms with Gasteiger partial charge in [-0.05, 0) is 24.3 Å². The summed E-state index contributed by atoms with van der Waals surface area (Å²) in [6.07, 6.45) is 0.260. The predicted molar refractivity (Wildman–Crippen MR) is 84.1 cm³/mol. The fraction of sp³-hybridized carbons (Fsp3) is 0.118. The average molecular weight is 310 g/mol. The Labute approximate surface area is 129 Å². The number of para-hydroxylation sites is 1. The van der Waals surface area contributed by atoms with E-state index < -0.39 is 9.84 Å². The zero-order chi connectivity index (χ0) is 15.6. The molecule has 0 N–H and O–H groups in total. The van der Waals surface area contributed by atoms with Gasteiger partial charge in [0.15, 0.2) is 0 Å². The van der Waals surface area contributed by atoms with Crippen molar-refractivity contribution < 1.29 is 8.42 Å². The second-order valence-corrected chi connectivity index (χ2v) is 6.81. The molecule has 0 fully saturated rings. The molecule has 0 spiro atoms. The first-order chi connectivity index (χ1) is 10.6. The lowest BCUT2D eigenvalue weighted by atomic mass is 10.2. The van der Waals surface area contributed by atoms with Crippen LogP contribution in [0.1, 0.15) is 6.42 Å². The van der Waals surface area contributed by atoms with Gasteiger partial charge >= 0.3 is 0 Å². The van der Waals surface area contributed by atoms with Crippen LogP contribution in [0.4, 0.5) is 0 Å². The molecule has 5 heteroatoms. The first-order valence-corrected chi connectivity index (χ1v) is 8.38. The van der Waals surface area contributed by atoms with Gasteiger partial charge in [0.2, 0.25) is 9.84 Å². The number of nitrogens with zero attached hydrogens (tertiary/aromatic N) is 2. The molecule has 110 valence electrons. The third-order valence-corrected chi connectivity index (χ3v) is 5.33. The van der Waals surface area contributed by atoms with Gasteiger partial charge in [-0.1, -0.05) is 36.4 Å². The highest BCUT2D eigenvalue weighted by Gasteiger charge is 2.23. The second kappa shape index (κ2) is 5.66. The van der Waals surface area contributed by atoms with Crippen LogP contribution in [0.3, 0.4) is 0 Å². The van der Waals surface area contributed by atoms with E-state index in [0.29, 0.717) is 6.54 Å². The van der Waals surface area contributed by atoms with Crippen LogP contribution in [0.5, 0.6) is 0 Å². The van der Waals surface area contributed by atoms with Gasteiger partial charge in [-0.25, -0.2) is 8.42 Å². The minimum absolute atomic E-state index is 0.232. The predicted octanol–water partition coefficient (Wildman–Crippen LogP) is 3.39. The molecule has 3 aromatic rings. The molecule has 22 heavy (non-hydrogen) atoms. The number of rotatable bonds is 4. The molecule has 0 bridgehead atoms. The van der Waals surface area contributed by atoms with Gasteiger partial charge in [-0.15, -0.1) is 0 Å².